The molecule has 1 aromatic heterocycles. The molecule has 2 aliphatic rings. The van der Waals surface area contributed by atoms with Gasteiger partial charge < -0.3 is 25.2 Å². The van der Waals surface area contributed by atoms with E-state index in [1.165, 1.54) is 12.1 Å². The van der Waals surface area contributed by atoms with Gasteiger partial charge in [-0.15, -0.1) is 0 Å². The maximum absolute atomic E-state index is 11.8. The van der Waals surface area contributed by atoms with Crippen LogP contribution >= 0.6 is 0 Å². The van der Waals surface area contributed by atoms with Gasteiger partial charge in [0.05, 0.1) is 23.3 Å². The summed E-state index contributed by atoms with van der Waals surface area (Å²) in [5.41, 5.74) is 1.70. The van der Waals surface area contributed by atoms with Crippen molar-refractivity contribution in [2.24, 2.45) is 0 Å². The Morgan fingerprint density at radius 2 is 1.62 bits per heavy atom. The van der Waals surface area contributed by atoms with Crippen molar-refractivity contribution in [2.45, 2.75) is 37.5 Å². The average Bonchev–Trinajstić information content (AvgIpc) is 3.22. The number of rotatable bonds is 4. The molecule has 2 aliphatic heterocycles. The highest BCUT2D eigenvalue weighted by Gasteiger charge is 2.46. The summed E-state index contributed by atoms with van der Waals surface area (Å²) in [5, 5.41) is 40.0. The Balaban J connectivity index is 1.75. The smallest absolute Gasteiger partial charge is 0.327 e. The largest absolute Gasteiger partial charge is 0.508 e. The van der Waals surface area contributed by atoms with Crippen LogP contribution in [0.2, 0.25) is 0 Å². The first-order valence-electron chi connectivity index (χ1n) is 7.79. The van der Waals surface area contributed by atoms with Gasteiger partial charge in [0.1, 0.15) is 11.8 Å². The first-order valence-corrected chi connectivity index (χ1v) is 7.79. The molecule has 0 spiro atoms. The van der Waals surface area contributed by atoms with Gasteiger partial charge in [0, 0.05) is 6.42 Å². The second-order valence-electron chi connectivity index (χ2n) is 6.26. The normalized spacial score (nSPS) is 22.5. The molecule has 1 aromatic carbocycles. The second-order valence-corrected chi connectivity index (χ2v) is 6.26. The van der Waals surface area contributed by atoms with Gasteiger partial charge in [0.2, 0.25) is 11.8 Å². The summed E-state index contributed by atoms with van der Waals surface area (Å²) in [7, 11) is 0. The summed E-state index contributed by atoms with van der Waals surface area (Å²) in [6.07, 6.45) is 1.02. The molecule has 7 heteroatoms. The molecule has 2 bridgehead atoms. The molecule has 1 saturated heterocycles. The van der Waals surface area contributed by atoms with Crippen molar-refractivity contribution in [1.82, 2.24) is 4.57 Å². The quantitative estimate of drug-likeness (QED) is 0.684. The highest BCUT2D eigenvalue weighted by atomic mass is 16.5. The van der Waals surface area contributed by atoms with E-state index in [-0.39, 0.29) is 36.1 Å². The van der Waals surface area contributed by atoms with E-state index in [4.69, 9.17) is 4.74 Å². The van der Waals surface area contributed by atoms with E-state index >= 15 is 0 Å². The summed E-state index contributed by atoms with van der Waals surface area (Å²) in [6.45, 7) is 0. The Labute approximate surface area is 137 Å². The molecule has 1 fully saturated rings. The topological polar surface area (TPSA) is 112 Å². The lowest BCUT2D eigenvalue weighted by molar-refractivity contribution is -0.141. The predicted octanol–water partition coefficient (Wildman–Crippen LogP) is 2.38. The van der Waals surface area contributed by atoms with E-state index in [9.17, 15) is 25.2 Å². The minimum Gasteiger partial charge on any atom is -0.508 e. The molecule has 24 heavy (non-hydrogen) atoms. The molecule has 2 aromatic rings. The number of nitrogens with zero attached hydrogens (tertiary/aromatic N) is 1. The fourth-order valence-corrected chi connectivity index (χ4v) is 3.74. The van der Waals surface area contributed by atoms with Gasteiger partial charge in [0.15, 0.2) is 0 Å². The van der Waals surface area contributed by atoms with Crippen molar-refractivity contribution < 1.29 is 30.0 Å². The maximum Gasteiger partial charge on any atom is 0.327 e. The van der Waals surface area contributed by atoms with Crippen LogP contribution in [0.5, 0.6) is 17.5 Å². The molecule has 0 radical (unpaired) electrons. The van der Waals surface area contributed by atoms with Gasteiger partial charge in [-0.2, -0.15) is 0 Å². The van der Waals surface area contributed by atoms with E-state index in [0.717, 1.165) is 17.4 Å². The minimum atomic E-state index is -1.16. The molecule has 0 saturated carbocycles. The monoisotopic (exact) mass is 331 g/mol. The summed E-state index contributed by atoms with van der Waals surface area (Å²) in [5.74, 6) is -1.54. The predicted molar refractivity (Wildman–Crippen MR) is 82.0 cm³/mol. The molecule has 4 rings (SSSR count). The third-order valence-corrected chi connectivity index (χ3v) is 4.85. The van der Waals surface area contributed by atoms with E-state index in [0.29, 0.717) is 16.7 Å². The number of aromatic hydroxyl groups is 3. The Morgan fingerprint density at radius 3 is 2.12 bits per heavy atom. The number of aromatic nitrogens is 1. The molecule has 126 valence electrons. The summed E-state index contributed by atoms with van der Waals surface area (Å²) in [4.78, 5) is 11.8. The standard InChI is InChI=1S/C17H17NO6/c19-9-3-1-8(2-4-9)7-10(17(22)23)18-15(20)13-11-5-6-12(24-11)14(13)16(18)21/h1-4,10-12,19-21H,5-7H2,(H,22,23)/t10?,11-,12+. The van der Waals surface area contributed by atoms with Crippen molar-refractivity contribution in [1.29, 1.82) is 0 Å². The zero-order valence-electron chi connectivity index (χ0n) is 12.7. The van der Waals surface area contributed by atoms with Crippen LogP contribution in [-0.4, -0.2) is 31.0 Å². The van der Waals surface area contributed by atoms with Gasteiger partial charge in [0.25, 0.3) is 0 Å². The first-order chi connectivity index (χ1) is 11.5. The van der Waals surface area contributed by atoms with E-state index in [1.54, 1.807) is 12.1 Å². The summed E-state index contributed by atoms with van der Waals surface area (Å²) >= 11 is 0. The lowest BCUT2D eigenvalue weighted by Crippen LogP contribution is -2.21. The Hall–Kier alpha value is -2.67. The number of ether oxygens (including phenoxy) is 1. The molecule has 0 aliphatic carbocycles. The average molecular weight is 331 g/mol. The van der Waals surface area contributed by atoms with Crippen molar-refractivity contribution >= 4 is 5.97 Å². The van der Waals surface area contributed by atoms with E-state index in [2.05, 4.69) is 0 Å². The molecule has 4 N–H and O–H groups in total. The number of benzene rings is 1. The Morgan fingerprint density at radius 1 is 1.08 bits per heavy atom. The second kappa shape index (κ2) is 5.17. The molecule has 3 heterocycles. The third-order valence-electron chi connectivity index (χ3n) is 4.85. The number of carboxylic acid groups (broad SMARTS) is 1. The van der Waals surface area contributed by atoms with Crippen molar-refractivity contribution in [2.75, 3.05) is 0 Å². The van der Waals surface area contributed by atoms with Gasteiger partial charge in [-0.1, -0.05) is 12.1 Å². The molecule has 0 amide bonds. The van der Waals surface area contributed by atoms with Crippen LogP contribution in [0, 0.1) is 0 Å². The lowest BCUT2D eigenvalue weighted by atomic mass is 9.95. The molecule has 1 unspecified atom stereocenters. The number of fused-ring (bicyclic) bond motifs is 5. The number of phenols is 1. The Kier molecular flexibility index (Phi) is 3.21. The first kappa shape index (κ1) is 14.9. The van der Waals surface area contributed by atoms with E-state index < -0.39 is 12.0 Å². The van der Waals surface area contributed by atoms with Crippen LogP contribution in [0.15, 0.2) is 24.3 Å². The lowest BCUT2D eigenvalue weighted by Gasteiger charge is -2.18. The highest BCUT2D eigenvalue weighted by Crippen LogP contribution is 2.58. The van der Waals surface area contributed by atoms with Gasteiger partial charge >= 0.3 is 5.97 Å². The minimum absolute atomic E-state index is 0.0699. The van der Waals surface area contributed by atoms with Gasteiger partial charge in [-0.05, 0) is 30.5 Å². The maximum atomic E-state index is 11.8. The van der Waals surface area contributed by atoms with Gasteiger partial charge in [-0.3, -0.25) is 4.57 Å². The van der Waals surface area contributed by atoms with Gasteiger partial charge in [-0.25, -0.2) is 4.79 Å². The highest BCUT2D eigenvalue weighted by molar-refractivity contribution is 5.74. The Bertz CT molecular complexity index is 776. The van der Waals surface area contributed by atoms with Crippen LogP contribution < -0.4 is 0 Å². The fourth-order valence-electron chi connectivity index (χ4n) is 3.74. The number of carbonyl (C=O) groups is 1. The number of phenolic OH excluding ortho intramolecular Hbond substituents is 1. The van der Waals surface area contributed by atoms with Crippen LogP contribution in [-0.2, 0) is 16.0 Å². The molecule has 7 nitrogen and oxygen atoms in total. The number of hydrogen-bond acceptors (Lipinski definition) is 5. The van der Waals surface area contributed by atoms with Crippen molar-refractivity contribution in [3.8, 4) is 17.5 Å². The fraction of sp³-hybridized carbons (Fsp3) is 0.353. The summed E-state index contributed by atoms with van der Waals surface area (Å²) < 4.78 is 6.74. The third kappa shape index (κ3) is 2.05. The van der Waals surface area contributed by atoms with Crippen LogP contribution in [0.3, 0.4) is 0 Å². The zero-order chi connectivity index (χ0) is 17.0. The number of carboxylic acids is 1. The summed E-state index contributed by atoms with van der Waals surface area (Å²) in [6, 6.07) is 5.02. The van der Waals surface area contributed by atoms with Crippen LogP contribution in [0.25, 0.3) is 0 Å². The number of hydrogen-bond donors (Lipinski definition) is 4. The molecular formula is C17H17NO6. The van der Waals surface area contributed by atoms with E-state index in [1.807, 2.05) is 0 Å². The van der Waals surface area contributed by atoms with Crippen LogP contribution in [0.1, 0.15) is 47.8 Å². The molecular weight excluding hydrogens is 314 g/mol. The SMILES string of the molecule is O=C(O)C(Cc1ccc(O)cc1)n1c(O)c2c(c1O)[C@H]1CC[C@@H]2O1. The van der Waals surface area contributed by atoms with Crippen molar-refractivity contribution in [3.63, 3.8) is 0 Å². The zero-order valence-corrected chi connectivity index (χ0v) is 12.7. The van der Waals surface area contributed by atoms with Crippen LogP contribution in [0.4, 0.5) is 0 Å². The molecule has 3 atom stereocenters. The van der Waals surface area contributed by atoms with Crippen molar-refractivity contribution in [3.05, 3.63) is 41.0 Å². The number of aliphatic carboxylic acids is 1.